The van der Waals surface area contributed by atoms with Gasteiger partial charge in [-0.15, -0.1) is 0 Å². The minimum atomic E-state index is -0.159. The smallest absolute Gasteiger partial charge is 0.224 e. The molecule has 0 aliphatic carbocycles. The summed E-state index contributed by atoms with van der Waals surface area (Å²) in [6, 6.07) is 15.5. The number of nitrogens with one attached hydrogen (secondary N) is 1. The molecular formula is C22H30N2O2. The number of anilines is 1. The molecule has 1 amide bonds. The van der Waals surface area contributed by atoms with Crippen molar-refractivity contribution >= 4 is 11.6 Å². The molecule has 4 nitrogen and oxygen atoms in total. The van der Waals surface area contributed by atoms with Crippen molar-refractivity contribution in [3.8, 4) is 5.75 Å². The number of rotatable bonds is 8. The first-order valence-electron chi connectivity index (χ1n) is 9.11. The summed E-state index contributed by atoms with van der Waals surface area (Å²) in [5, 5.41) is 3.04. The number of hydrogen-bond acceptors (Lipinski definition) is 3. The van der Waals surface area contributed by atoms with E-state index in [-0.39, 0.29) is 11.3 Å². The van der Waals surface area contributed by atoms with Crippen molar-refractivity contribution in [2.45, 2.75) is 39.5 Å². The van der Waals surface area contributed by atoms with E-state index in [0.29, 0.717) is 31.2 Å². The van der Waals surface area contributed by atoms with Crippen molar-refractivity contribution in [1.82, 2.24) is 5.32 Å². The first kappa shape index (κ1) is 19.8. The summed E-state index contributed by atoms with van der Waals surface area (Å²) >= 11 is 0. The second-order valence-corrected chi connectivity index (χ2v) is 7.81. The van der Waals surface area contributed by atoms with E-state index >= 15 is 0 Å². The number of benzene rings is 2. The highest BCUT2D eigenvalue weighted by Crippen LogP contribution is 2.25. The molecule has 0 aromatic heterocycles. The van der Waals surface area contributed by atoms with Gasteiger partial charge in [-0.1, -0.05) is 52.0 Å². The molecule has 0 fully saturated rings. The first-order valence-corrected chi connectivity index (χ1v) is 9.11. The lowest BCUT2D eigenvalue weighted by atomic mass is 9.84. The van der Waals surface area contributed by atoms with Gasteiger partial charge in [-0.05, 0) is 41.3 Å². The Balaban J connectivity index is 1.88. The van der Waals surface area contributed by atoms with Crippen LogP contribution in [0.5, 0.6) is 5.75 Å². The molecule has 0 heterocycles. The van der Waals surface area contributed by atoms with E-state index in [1.165, 1.54) is 5.56 Å². The number of carbonyl (C=O) groups is 1. The van der Waals surface area contributed by atoms with Gasteiger partial charge in [-0.25, -0.2) is 0 Å². The maximum absolute atomic E-state index is 12.2. The van der Waals surface area contributed by atoms with E-state index in [2.05, 4.69) is 45.1 Å². The number of nitrogen functional groups attached to an aromatic ring is 1. The lowest BCUT2D eigenvalue weighted by molar-refractivity contribution is -0.120. The third-order valence-electron chi connectivity index (χ3n) is 4.29. The van der Waals surface area contributed by atoms with Crippen molar-refractivity contribution in [3.63, 3.8) is 0 Å². The topological polar surface area (TPSA) is 64.3 Å². The lowest BCUT2D eigenvalue weighted by Gasteiger charge is -2.26. The van der Waals surface area contributed by atoms with Gasteiger partial charge in [0.2, 0.25) is 5.91 Å². The Morgan fingerprint density at radius 3 is 2.27 bits per heavy atom. The maximum Gasteiger partial charge on any atom is 0.224 e. The van der Waals surface area contributed by atoms with Crippen LogP contribution in [0.4, 0.5) is 5.69 Å². The van der Waals surface area contributed by atoms with Crippen LogP contribution < -0.4 is 15.8 Å². The van der Waals surface area contributed by atoms with Gasteiger partial charge >= 0.3 is 0 Å². The SMILES string of the molecule is CC(C)COc1ccc(C(C)(C)CNC(=O)Cc2ccc(N)cc2)cc1. The van der Waals surface area contributed by atoms with Gasteiger partial charge in [-0.2, -0.15) is 0 Å². The fourth-order valence-electron chi connectivity index (χ4n) is 2.57. The van der Waals surface area contributed by atoms with E-state index in [1.807, 2.05) is 36.4 Å². The first-order chi connectivity index (χ1) is 12.3. The minimum absolute atomic E-state index is 0.0136. The molecule has 4 heteroatoms. The molecule has 2 rings (SSSR count). The van der Waals surface area contributed by atoms with Crippen LogP contribution in [0.3, 0.4) is 0 Å². The third kappa shape index (κ3) is 6.10. The number of hydrogen-bond donors (Lipinski definition) is 2. The Kier molecular flexibility index (Phi) is 6.67. The average Bonchev–Trinajstić information content (AvgIpc) is 2.61. The number of nitrogens with two attached hydrogens (primary N) is 1. The van der Waals surface area contributed by atoms with Crippen LogP contribution in [0.25, 0.3) is 0 Å². The molecule has 0 saturated carbocycles. The minimum Gasteiger partial charge on any atom is -0.493 e. The monoisotopic (exact) mass is 354 g/mol. The number of ether oxygens (including phenoxy) is 1. The molecule has 0 saturated heterocycles. The zero-order valence-electron chi connectivity index (χ0n) is 16.2. The predicted molar refractivity (Wildman–Crippen MR) is 107 cm³/mol. The molecule has 0 spiro atoms. The van der Waals surface area contributed by atoms with Crippen molar-refractivity contribution in [3.05, 3.63) is 59.7 Å². The van der Waals surface area contributed by atoms with Gasteiger partial charge in [0.05, 0.1) is 13.0 Å². The second kappa shape index (κ2) is 8.75. The van der Waals surface area contributed by atoms with Crippen LogP contribution >= 0.6 is 0 Å². The summed E-state index contributed by atoms with van der Waals surface area (Å²) < 4.78 is 5.73. The number of carbonyl (C=O) groups excluding carboxylic acids is 1. The van der Waals surface area contributed by atoms with Crippen LogP contribution in [0.2, 0.25) is 0 Å². The van der Waals surface area contributed by atoms with Crippen LogP contribution in [0.1, 0.15) is 38.8 Å². The molecule has 140 valence electrons. The van der Waals surface area contributed by atoms with Gasteiger partial charge in [0.1, 0.15) is 5.75 Å². The Labute approximate surface area is 156 Å². The summed E-state index contributed by atoms with van der Waals surface area (Å²) in [5.74, 6) is 1.40. The third-order valence-corrected chi connectivity index (χ3v) is 4.29. The second-order valence-electron chi connectivity index (χ2n) is 7.81. The van der Waals surface area contributed by atoms with Crippen LogP contribution in [-0.2, 0) is 16.6 Å². The van der Waals surface area contributed by atoms with Crippen LogP contribution in [0, 0.1) is 5.92 Å². The van der Waals surface area contributed by atoms with Crippen molar-refractivity contribution in [2.75, 3.05) is 18.9 Å². The van der Waals surface area contributed by atoms with Gasteiger partial charge in [0, 0.05) is 17.6 Å². The molecule has 3 N–H and O–H groups in total. The summed E-state index contributed by atoms with van der Waals surface area (Å²) in [5.41, 5.74) is 8.35. The fourth-order valence-corrected chi connectivity index (χ4v) is 2.57. The Bertz CT molecular complexity index is 704. The van der Waals surface area contributed by atoms with Gasteiger partial charge in [0.25, 0.3) is 0 Å². The molecule has 0 atom stereocenters. The highest BCUT2D eigenvalue weighted by Gasteiger charge is 2.21. The Morgan fingerprint density at radius 2 is 1.69 bits per heavy atom. The summed E-state index contributed by atoms with van der Waals surface area (Å²) in [4.78, 5) is 12.2. The molecule has 2 aromatic carbocycles. The highest BCUT2D eigenvalue weighted by molar-refractivity contribution is 5.78. The van der Waals surface area contributed by atoms with E-state index < -0.39 is 0 Å². The van der Waals surface area contributed by atoms with Crippen molar-refractivity contribution < 1.29 is 9.53 Å². The fraction of sp³-hybridized carbons (Fsp3) is 0.409. The van der Waals surface area contributed by atoms with E-state index in [0.717, 1.165) is 11.3 Å². The van der Waals surface area contributed by atoms with Gasteiger partial charge in [-0.3, -0.25) is 4.79 Å². The average molecular weight is 354 g/mol. The lowest BCUT2D eigenvalue weighted by Crippen LogP contribution is -2.37. The van der Waals surface area contributed by atoms with Gasteiger partial charge < -0.3 is 15.8 Å². The molecule has 0 aliphatic rings. The Hall–Kier alpha value is -2.49. The molecular weight excluding hydrogens is 324 g/mol. The zero-order valence-corrected chi connectivity index (χ0v) is 16.2. The van der Waals surface area contributed by atoms with Crippen molar-refractivity contribution in [2.24, 2.45) is 5.92 Å². The predicted octanol–water partition coefficient (Wildman–Crippen LogP) is 3.94. The standard InChI is InChI=1S/C22H30N2O2/c1-16(2)14-26-20-11-7-18(8-12-20)22(3,4)15-24-21(25)13-17-5-9-19(23)10-6-17/h5-12,16H,13-15,23H2,1-4H3,(H,24,25). The van der Waals surface area contributed by atoms with Crippen LogP contribution in [0.15, 0.2) is 48.5 Å². The molecule has 0 radical (unpaired) electrons. The van der Waals surface area contributed by atoms with E-state index in [1.54, 1.807) is 0 Å². The zero-order chi connectivity index (χ0) is 19.2. The highest BCUT2D eigenvalue weighted by atomic mass is 16.5. The summed E-state index contributed by atoms with van der Waals surface area (Å²) in [7, 11) is 0. The molecule has 0 bridgehead atoms. The summed E-state index contributed by atoms with van der Waals surface area (Å²) in [6.45, 7) is 9.80. The van der Waals surface area contributed by atoms with Gasteiger partial charge in [0.15, 0.2) is 0 Å². The largest absolute Gasteiger partial charge is 0.493 e. The molecule has 0 unspecified atom stereocenters. The maximum atomic E-state index is 12.2. The summed E-state index contributed by atoms with van der Waals surface area (Å²) in [6.07, 6.45) is 0.359. The van der Waals surface area contributed by atoms with Crippen LogP contribution in [-0.4, -0.2) is 19.1 Å². The quantitative estimate of drug-likeness (QED) is 0.706. The molecule has 0 aliphatic heterocycles. The van der Waals surface area contributed by atoms with E-state index in [4.69, 9.17) is 10.5 Å². The Morgan fingerprint density at radius 1 is 1.08 bits per heavy atom. The van der Waals surface area contributed by atoms with E-state index in [9.17, 15) is 4.79 Å². The van der Waals surface area contributed by atoms with Crippen molar-refractivity contribution in [1.29, 1.82) is 0 Å². The number of amides is 1. The normalized spacial score (nSPS) is 11.4. The molecule has 26 heavy (non-hydrogen) atoms. The molecule has 2 aromatic rings.